The molecule has 0 radical (unpaired) electrons. The molecule has 54 valence electrons. The molecule has 0 saturated carbocycles. The highest BCUT2D eigenvalue weighted by Crippen LogP contribution is 1.73. The van der Waals surface area contributed by atoms with Crippen LogP contribution in [0, 0.1) is 0 Å². The third-order valence-corrected chi connectivity index (χ3v) is 1.07. The Morgan fingerprint density at radius 2 is 1.78 bits per heavy atom. The number of aliphatic carboxylic acids is 1. The lowest BCUT2D eigenvalue weighted by Crippen LogP contribution is -1.82. The second-order valence-corrected chi connectivity index (χ2v) is 1.88. The Morgan fingerprint density at radius 1 is 1.56 bits per heavy atom. The van der Waals surface area contributed by atoms with E-state index in [1.54, 1.807) is 0 Å². The van der Waals surface area contributed by atoms with Gasteiger partial charge in [0.2, 0.25) is 0 Å². The largest absolute Gasteiger partial charge is 0.478 e. The normalized spacial score (nSPS) is 6.89. The third-order valence-electron chi connectivity index (χ3n) is 0.275. The highest BCUT2D eigenvalue weighted by Gasteiger charge is 1.73. The highest BCUT2D eigenvalue weighted by atomic mass is 32.1. The predicted molar refractivity (Wildman–Crippen MR) is 45.5 cm³/mol. The molecule has 0 saturated heterocycles. The summed E-state index contributed by atoms with van der Waals surface area (Å²) in [5, 5.41) is 7.60. The van der Waals surface area contributed by atoms with Crippen LogP contribution in [0.25, 0.3) is 0 Å². The average molecular weight is 166 g/mol. The minimum absolute atomic E-state index is 0.833. The van der Waals surface area contributed by atoms with Crippen LogP contribution in [0.5, 0.6) is 0 Å². The second-order valence-electron chi connectivity index (χ2n) is 0.990. The van der Waals surface area contributed by atoms with E-state index in [-0.39, 0.29) is 0 Å². The van der Waals surface area contributed by atoms with Crippen LogP contribution in [0.15, 0.2) is 12.7 Å². The maximum absolute atomic E-state index is 9.25. The SMILES string of the molecule is C=CC(=O)O.SCCS. The fourth-order valence-corrected chi connectivity index (χ4v) is 0. The van der Waals surface area contributed by atoms with Gasteiger partial charge in [0.05, 0.1) is 0 Å². The summed E-state index contributed by atoms with van der Waals surface area (Å²) in [5.74, 6) is 0.775. The maximum Gasteiger partial charge on any atom is 0.327 e. The minimum atomic E-state index is -0.981. The Bertz CT molecular complexity index is 81.0. The number of carboxylic acids is 1. The van der Waals surface area contributed by atoms with Crippen molar-refractivity contribution in [3.63, 3.8) is 0 Å². The van der Waals surface area contributed by atoms with Crippen molar-refractivity contribution >= 4 is 31.2 Å². The van der Waals surface area contributed by atoms with Gasteiger partial charge in [0.25, 0.3) is 0 Å². The van der Waals surface area contributed by atoms with Gasteiger partial charge < -0.3 is 5.11 Å². The van der Waals surface area contributed by atoms with Gasteiger partial charge >= 0.3 is 5.97 Å². The summed E-state index contributed by atoms with van der Waals surface area (Å²) in [7, 11) is 0. The first-order chi connectivity index (χ1) is 4.18. The summed E-state index contributed by atoms with van der Waals surface area (Å²) >= 11 is 7.69. The average Bonchev–Trinajstić information content (AvgIpc) is 1.89. The van der Waals surface area contributed by atoms with Gasteiger partial charge in [-0.3, -0.25) is 0 Å². The van der Waals surface area contributed by atoms with E-state index in [4.69, 9.17) is 5.11 Å². The molecule has 0 aliphatic rings. The van der Waals surface area contributed by atoms with Crippen molar-refractivity contribution in [1.29, 1.82) is 0 Å². The van der Waals surface area contributed by atoms with Crippen LogP contribution in [-0.2, 0) is 4.79 Å². The summed E-state index contributed by atoms with van der Waals surface area (Å²) in [6.45, 7) is 2.96. The van der Waals surface area contributed by atoms with E-state index < -0.39 is 5.97 Å². The summed E-state index contributed by atoms with van der Waals surface area (Å²) in [6, 6.07) is 0. The summed E-state index contributed by atoms with van der Waals surface area (Å²) in [4.78, 5) is 9.25. The van der Waals surface area contributed by atoms with Crippen molar-refractivity contribution in [1.82, 2.24) is 0 Å². The van der Waals surface area contributed by atoms with Crippen molar-refractivity contribution in [2.45, 2.75) is 0 Å². The van der Waals surface area contributed by atoms with Crippen LogP contribution in [0.3, 0.4) is 0 Å². The molecule has 2 nitrogen and oxygen atoms in total. The molecular weight excluding hydrogens is 156 g/mol. The summed E-state index contributed by atoms with van der Waals surface area (Å²) < 4.78 is 0. The molecule has 0 atom stereocenters. The van der Waals surface area contributed by atoms with Crippen LogP contribution in [0.2, 0.25) is 0 Å². The molecule has 0 aromatic rings. The van der Waals surface area contributed by atoms with Crippen LogP contribution in [-0.4, -0.2) is 22.6 Å². The van der Waals surface area contributed by atoms with E-state index in [1.165, 1.54) is 0 Å². The molecule has 0 unspecified atom stereocenters. The molecule has 1 N–H and O–H groups in total. The number of carbonyl (C=O) groups is 1. The van der Waals surface area contributed by atoms with Gasteiger partial charge in [-0.15, -0.1) is 0 Å². The van der Waals surface area contributed by atoms with Crippen molar-refractivity contribution < 1.29 is 9.90 Å². The molecular formula is C5H10O2S2. The van der Waals surface area contributed by atoms with Gasteiger partial charge in [0, 0.05) is 6.08 Å². The Balaban J connectivity index is 0. The van der Waals surface area contributed by atoms with E-state index in [9.17, 15) is 4.79 Å². The highest BCUT2D eigenvalue weighted by molar-refractivity contribution is 7.84. The Morgan fingerprint density at radius 3 is 1.78 bits per heavy atom. The molecule has 0 rings (SSSR count). The maximum atomic E-state index is 9.25. The second kappa shape index (κ2) is 10.8. The van der Waals surface area contributed by atoms with E-state index in [0.29, 0.717) is 0 Å². The van der Waals surface area contributed by atoms with E-state index >= 15 is 0 Å². The first-order valence-electron chi connectivity index (χ1n) is 2.26. The molecule has 0 aliphatic heterocycles. The molecule has 0 aromatic carbocycles. The molecule has 0 aliphatic carbocycles. The van der Waals surface area contributed by atoms with E-state index in [0.717, 1.165) is 17.6 Å². The van der Waals surface area contributed by atoms with Crippen molar-refractivity contribution in [3.8, 4) is 0 Å². The van der Waals surface area contributed by atoms with Gasteiger partial charge in [0.15, 0.2) is 0 Å². The molecule has 0 bridgehead atoms. The first kappa shape index (κ1) is 11.7. The van der Waals surface area contributed by atoms with Crippen LogP contribution >= 0.6 is 25.3 Å². The van der Waals surface area contributed by atoms with Gasteiger partial charge in [-0.05, 0) is 11.5 Å². The lowest BCUT2D eigenvalue weighted by Gasteiger charge is -1.67. The van der Waals surface area contributed by atoms with Crippen LogP contribution in [0.4, 0.5) is 0 Å². The minimum Gasteiger partial charge on any atom is -0.478 e. The third kappa shape index (κ3) is 32.6. The predicted octanol–water partition coefficient (Wildman–Crippen LogP) is 1.10. The number of thiol groups is 2. The lowest BCUT2D eigenvalue weighted by molar-refractivity contribution is -0.131. The van der Waals surface area contributed by atoms with Gasteiger partial charge in [0.1, 0.15) is 0 Å². The Hall–Kier alpha value is -0.0900. The van der Waals surface area contributed by atoms with E-state index in [2.05, 4.69) is 31.8 Å². The zero-order chi connectivity index (χ0) is 7.70. The van der Waals surface area contributed by atoms with Crippen LogP contribution < -0.4 is 0 Å². The Kier molecular flexibility index (Phi) is 14.0. The van der Waals surface area contributed by atoms with Crippen molar-refractivity contribution in [2.24, 2.45) is 0 Å². The lowest BCUT2D eigenvalue weighted by atomic mass is 10.7. The van der Waals surface area contributed by atoms with Crippen molar-refractivity contribution in [3.05, 3.63) is 12.7 Å². The number of hydrogen-bond donors (Lipinski definition) is 3. The quantitative estimate of drug-likeness (QED) is 0.424. The fraction of sp³-hybridized carbons (Fsp3) is 0.400. The molecule has 9 heavy (non-hydrogen) atoms. The zero-order valence-corrected chi connectivity index (χ0v) is 6.74. The smallest absolute Gasteiger partial charge is 0.327 e. The number of rotatable bonds is 2. The molecule has 0 spiro atoms. The van der Waals surface area contributed by atoms with Gasteiger partial charge in [-0.2, -0.15) is 25.3 Å². The zero-order valence-electron chi connectivity index (χ0n) is 4.95. The van der Waals surface area contributed by atoms with E-state index in [1.807, 2.05) is 0 Å². The summed E-state index contributed by atoms with van der Waals surface area (Å²) in [6.07, 6.45) is 0.833. The molecule has 0 heterocycles. The summed E-state index contributed by atoms with van der Waals surface area (Å²) in [5.41, 5.74) is 0. The first-order valence-corrected chi connectivity index (χ1v) is 3.52. The van der Waals surface area contributed by atoms with Gasteiger partial charge in [-0.25, -0.2) is 4.79 Å². The number of hydrogen-bond acceptors (Lipinski definition) is 3. The fourth-order valence-electron chi connectivity index (χ4n) is 0. The molecule has 0 amide bonds. The van der Waals surface area contributed by atoms with Crippen molar-refractivity contribution in [2.75, 3.05) is 11.5 Å². The topological polar surface area (TPSA) is 37.3 Å². The van der Waals surface area contributed by atoms with Gasteiger partial charge in [-0.1, -0.05) is 6.58 Å². The monoisotopic (exact) mass is 166 g/mol. The number of carboxylic acid groups (broad SMARTS) is 1. The molecule has 4 heteroatoms. The standard InChI is InChI=1S/C3H4O2.C2H6S2/c1-2-3(4)5;3-1-2-4/h2H,1H2,(H,4,5);3-4H,1-2H2. The molecule has 0 aromatic heterocycles. The van der Waals surface area contributed by atoms with Crippen LogP contribution in [0.1, 0.15) is 0 Å². The Labute approximate surface area is 65.8 Å². The molecule has 0 fully saturated rings.